The van der Waals surface area contributed by atoms with E-state index in [0.717, 1.165) is 0 Å². The molecule has 1 fully saturated rings. The number of fused-ring (bicyclic) bond motifs is 1. The van der Waals surface area contributed by atoms with Crippen molar-refractivity contribution in [2.24, 2.45) is 0 Å². The summed E-state index contributed by atoms with van der Waals surface area (Å²) in [5.41, 5.74) is 2.07. The molecule has 0 aromatic heterocycles. The average Bonchev–Trinajstić information content (AvgIpc) is 3.11. The summed E-state index contributed by atoms with van der Waals surface area (Å²) in [6.45, 7) is 0.287. The molecule has 1 saturated heterocycles. The van der Waals surface area contributed by atoms with Crippen molar-refractivity contribution in [3.05, 3.63) is 58.9 Å². The molecule has 2 aliphatic heterocycles. The number of ether oxygens (including phenoxy) is 1. The molecule has 9 nitrogen and oxygen atoms in total. The van der Waals surface area contributed by atoms with Crippen LogP contribution in [0.25, 0.3) is 0 Å². The van der Waals surface area contributed by atoms with Crippen LogP contribution in [-0.2, 0) is 22.7 Å². The molecule has 2 N–H and O–H groups in total. The molecule has 0 bridgehead atoms. The van der Waals surface area contributed by atoms with E-state index in [1.165, 1.54) is 28.0 Å². The first-order chi connectivity index (χ1) is 15.7. The van der Waals surface area contributed by atoms with Crippen molar-refractivity contribution in [2.75, 3.05) is 19.4 Å². The van der Waals surface area contributed by atoms with Crippen molar-refractivity contribution in [3.63, 3.8) is 0 Å². The van der Waals surface area contributed by atoms with E-state index in [1.54, 1.807) is 32.3 Å². The Labute approximate surface area is 189 Å². The van der Waals surface area contributed by atoms with Crippen LogP contribution in [0.2, 0.25) is 0 Å². The highest BCUT2D eigenvalue weighted by molar-refractivity contribution is 6.06. The highest BCUT2D eigenvalue weighted by atomic mass is 19.1. The Morgan fingerprint density at radius 3 is 2.76 bits per heavy atom. The molecule has 0 saturated carbocycles. The largest absolute Gasteiger partial charge is 0.414 e. The van der Waals surface area contributed by atoms with Gasteiger partial charge in [-0.15, -0.1) is 0 Å². The van der Waals surface area contributed by atoms with E-state index < -0.39 is 23.9 Å². The Hall–Kier alpha value is -3.95. The first-order valence-corrected chi connectivity index (χ1v) is 10.4. The summed E-state index contributed by atoms with van der Waals surface area (Å²) in [6.07, 6.45) is -0.125. The SMILES string of the molecule is CN(C)C(=O)Oc1ccc(F)c(CNc2cccc3c2CN(C2CCC(=O)NC2=O)C3=O)c1. The second kappa shape index (κ2) is 8.89. The molecule has 172 valence electrons. The molecule has 2 heterocycles. The molecule has 0 spiro atoms. The summed E-state index contributed by atoms with van der Waals surface area (Å²) in [6, 6.07) is 8.48. The fourth-order valence-corrected chi connectivity index (χ4v) is 3.88. The van der Waals surface area contributed by atoms with Gasteiger partial charge in [0.05, 0.1) is 0 Å². The van der Waals surface area contributed by atoms with Crippen molar-refractivity contribution in [3.8, 4) is 5.75 Å². The van der Waals surface area contributed by atoms with Gasteiger partial charge in [-0.25, -0.2) is 9.18 Å². The topological polar surface area (TPSA) is 108 Å². The summed E-state index contributed by atoms with van der Waals surface area (Å²) >= 11 is 0. The summed E-state index contributed by atoms with van der Waals surface area (Å²) < 4.78 is 19.5. The zero-order valence-electron chi connectivity index (χ0n) is 18.2. The minimum atomic E-state index is -0.712. The minimum absolute atomic E-state index is 0.0856. The predicted octanol–water partition coefficient (Wildman–Crippen LogP) is 2.26. The predicted molar refractivity (Wildman–Crippen MR) is 116 cm³/mol. The third-order valence-electron chi connectivity index (χ3n) is 5.64. The standard InChI is InChI=1S/C23H23FN4O5/c1-27(2)23(32)33-14-6-7-17(24)13(10-14)11-25-18-5-3-4-15-16(18)12-28(22(15)31)19-8-9-20(29)26-21(19)30/h3-7,10,19,25H,8-9,11-12H2,1-2H3,(H,26,29,30). The highest BCUT2D eigenvalue weighted by Crippen LogP contribution is 2.32. The van der Waals surface area contributed by atoms with Crippen LogP contribution >= 0.6 is 0 Å². The van der Waals surface area contributed by atoms with Crippen molar-refractivity contribution < 1.29 is 28.3 Å². The molecule has 10 heteroatoms. The number of nitrogens with one attached hydrogen (secondary N) is 2. The monoisotopic (exact) mass is 454 g/mol. The molecule has 2 aliphatic rings. The number of imide groups is 1. The Morgan fingerprint density at radius 1 is 1.24 bits per heavy atom. The van der Waals surface area contributed by atoms with Gasteiger partial charge in [-0.05, 0) is 36.8 Å². The third kappa shape index (κ3) is 4.50. The third-order valence-corrected chi connectivity index (χ3v) is 5.64. The first-order valence-electron chi connectivity index (χ1n) is 10.4. The number of hydrogen-bond donors (Lipinski definition) is 2. The lowest BCUT2D eigenvalue weighted by Gasteiger charge is -2.29. The van der Waals surface area contributed by atoms with Crippen molar-refractivity contribution >= 4 is 29.5 Å². The normalized spacial score (nSPS) is 17.5. The van der Waals surface area contributed by atoms with Gasteiger partial charge >= 0.3 is 6.09 Å². The van der Waals surface area contributed by atoms with Crippen LogP contribution in [-0.4, -0.2) is 53.8 Å². The van der Waals surface area contributed by atoms with Gasteiger partial charge in [0, 0.05) is 56.0 Å². The van der Waals surface area contributed by atoms with Gasteiger partial charge in [-0.2, -0.15) is 0 Å². The smallest absolute Gasteiger partial charge is 0.410 e. The number of carbonyl (C=O) groups excluding carboxylic acids is 4. The first kappa shape index (κ1) is 22.3. The van der Waals surface area contributed by atoms with E-state index in [9.17, 15) is 23.6 Å². The van der Waals surface area contributed by atoms with Crippen LogP contribution in [0.15, 0.2) is 36.4 Å². The van der Waals surface area contributed by atoms with Gasteiger partial charge in [0.15, 0.2) is 0 Å². The molecule has 33 heavy (non-hydrogen) atoms. The quantitative estimate of drug-likeness (QED) is 0.671. The average molecular weight is 454 g/mol. The number of amides is 4. The van der Waals surface area contributed by atoms with Crippen LogP contribution in [0.4, 0.5) is 14.9 Å². The zero-order valence-corrected chi connectivity index (χ0v) is 18.2. The molecule has 4 amide bonds. The van der Waals surface area contributed by atoms with Crippen LogP contribution in [0.3, 0.4) is 0 Å². The molecule has 1 unspecified atom stereocenters. The second-order valence-electron chi connectivity index (χ2n) is 8.10. The van der Waals surface area contributed by atoms with E-state index in [1.807, 2.05) is 0 Å². The van der Waals surface area contributed by atoms with Crippen LogP contribution in [0.1, 0.15) is 34.3 Å². The van der Waals surface area contributed by atoms with Crippen molar-refractivity contribution in [1.82, 2.24) is 15.1 Å². The van der Waals surface area contributed by atoms with Gasteiger partial charge in [-0.3, -0.25) is 19.7 Å². The van der Waals surface area contributed by atoms with Crippen LogP contribution in [0.5, 0.6) is 5.75 Å². The maximum atomic E-state index is 14.4. The van der Waals surface area contributed by atoms with Crippen molar-refractivity contribution in [1.29, 1.82) is 0 Å². The summed E-state index contributed by atoms with van der Waals surface area (Å²) in [4.78, 5) is 51.1. The summed E-state index contributed by atoms with van der Waals surface area (Å²) in [7, 11) is 3.09. The number of carbonyl (C=O) groups is 4. The molecular formula is C23H23FN4O5. The van der Waals surface area contributed by atoms with E-state index in [0.29, 0.717) is 16.8 Å². The van der Waals surface area contributed by atoms with Gasteiger partial charge in [-0.1, -0.05) is 6.07 Å². The number of hydrogen-bond acceptors (Lipinski definition) is 6. The van der Waals surface area contributed by atoms with E-state index in [4.69, 9.17) is 4.74 Å². The molecule has 4 rings (SSSR count). The van der Waals surface area contributed by atoms with Gasteiger partial charge in [0.25, 0.3) is 5.91 Å². The van der Waals surface area contributed by atoms with Gasteiger partial charge < -0.3 is 19.9 Å². The van der Waals surface area contributed by atoms with Gasteiger partial charge in [0.1, 0.15) is 17.6 Å². The number of nitrogens with zero attached hydrogens (tertiary/aromatic N) is 2. The maximum Gasteiger partial charge on any atom is 0.414 e. The van der Waals surface area contributed by atoms with E-state index >= 15 is 0 Å². The number of rotatable bonds is 5. The molecule has 2 aromatic rings. The fourth-order valence-electron chi connectivity index (χ4n) is 3.88. The van der Waals surface area contributed by atoms with E-state index in [-0.39, 0.29) is 49.1 Å². The number of benzene rings is 2. The second-order valence-corrected chi connectivity index (χ2v) is 8.10. The molecule has 2 aromatic carbocycles. The Bertz CT molecular complexity index is 1150. The Morgan fingerprint density at radius 2 is 2.03 bits per heavy atom. The summed E-state index contributed by atoms with van der Waals surface area (Å²) in [5.74, 6) is -1.37. The molecule has 0 radical (unpaired) electrons. The number of piperidine rings is 1. The lowest BCUT2D eigenvalue weighted by atomic mass is 10.0. The fraction of sp³-hybridized carbons (Fsp3) is 0.304. The van der Waals surface area contributed by atoms with E-state index in [2.05, 4.69) is 10.6 Å². The molecule has 1 atom stereocenters. The van der Waals surface area contributed by atoms with Crippen molar-refractivity contribution in [2.45, 2.75) is 32.0 Å². The molecular weight excluding hydrogens is 431 g/mol. The van der Waals surface area contributed by atoms with Gasteiger partial charge in [0.2, 0.25) is 11.8 Å². The highest BCUT2D eigenvalue weighted by Gasteiger charge is 2.39. The number of anilines is 1. The molecule has 0 aliphatic carbocycles. The zero-order chi connectivity index (χ0) is 23.7. The Balaban J connectivity index is 1.50. The summed E-state index contributed by atoms with van der Waals surface area (Å²) in [5, 5.41) is 5.42. The lowest BCUT2D eigenvalue weighted by Crippen LogP contribution is -2.52. The maximum absolute atomic E-state index is 14.4. The minimum Gasteiger partial charge on any atom is -0.410 e. The Kier molecular flexibility index (Phi) is 5.99. The lowest BCUT2D eigenvalue weighted by molar-refractivity contribution is -0.136. The van der Waals surface area contributed by atoms with Crippen LogP contribution in [0, 0.1) is 5.82 Å². The van der Waals surface area contributed by atoms with Crippen LogP contribution < -0.4 is 15.4 Å². The number of halogens is 1.